The Morgan fingerprint density at radius 2 is 1.95 bits per heavy atom. The Bertz CT molecular complexity index is 637. The fourth-order valence-corrected chi connectivity index (χ4v) is 2.38. The normalized spacial score (nSPS) is 15.6. The van der Waals surface area contributed by atoms with E-state index < -0.39 is 0 Å². The van der Waals surface area contributed by atoms with Crippen LogP contribution in [0.3, 0.4) is 0 Å². The number of rotatable bonds is 7. The quantitative estimate of drug-likeness (QED) is 0.820. The van der Waals surface area contributed by atoms with Gasteiger partial charge < -0.3 is 15.2 Å². The van der Waals surface area contributed by atoms with E-state index in [4.69, 9.17) is 15.2 Å². The predicted molar refractivity (Wildman–Crippen MR) is 83.2 cm³/mol. The Hall–Kier alpha value is -2.08. The van der Waals surface area contributed by atoms with Crippen molar-refractivity contribution in [3.05, 3.63) is 35.4 Å². The van der Waals surface area contributed by atoms with Crippen LogP contribution in [0, 0.1) is 0 Å². The molecule has 6 nitrogen and oxygen atoms in total. The van der Waals surface area contributed by atoms with E-state index in [1.54, 1.807) is 0 Å². The zero-order chi connectivity index (χ0) is 15.5. The summed E-state index contributed by atoms with van der Waals surface area (Å²) in [5, 5.41) is 7.25. The number of nitrogens with two attached hydrogens (primary N) is 1. The van der Waals surface area contributed by atoms with Crippen molar-refractivity contribution < 1.29 is 9.47 Å². The predicted octanol–water partition coefficient (Wildman–Crippen LogP) is 2.53. The number of ether oxygens (including phenoxy) is 2. The van der Waals surface area contributed by atoms with Crippen LogP contribution in [0.2, 0.25) is 0 Å². The number of aromatic amines is 1. The van der Waals surface area contributed by atoms with Gasteiger partial charge in [0.2, 0.25) is 0 Å². The summed E-state index contributed by atoms with van der Waals surface area (Å²) in [6, 6.07) is 5.36. The molecule has 1 atom stereocenters. The Balaban J connectivity index is 1.83. The summed E-state index contributed by atoms with van der Waals surface area (Å²) in [6.07, 6.45) is 2.36. The van der Waals surface area contributed by atoms with E-state index in [1.807, 2.05) is 32.0 Å². The highest BCUT2D eigenvalue weighted by molar-refractivity contribution is 5.44. The molecule has 1 aromatic carbocycles. The summed E-state index contributed by atoms with van der Waals surface area (Å²) in [7, 11) is 0. The smallest absolute Gasteiger partial charge is 0.171 e. The minimum absolute atomic E-state index is 0.376. The standard InChI is InChI=1S/C16H22N4O2/c1-3-21-12-8-7-11(9-13(12)22-4-2)14(17)16-18-15(19-20-16)10-5-6-10/h7-10,14H,3-6,17H2,1-2H3,(H,18,19,20). The minimum atomic E-state index is -0.376. The molecular formula is C16H22N4O2. The van der Waals surface area contributed by atoms with E-state index in [1.165, 1.54) is 12.8 Å². The fraction of sp³-hybridized carbons (Fsp3) is 0.500. The number of nitrogens with zero attached hydrogens (tertiary/aromatic N) is 2. The molecule has 22 heavy (non-hydrogen) atoms. The number of hydrogen-bond donors (Lipinski definition) is 2. The lowest BCUT2D eigenvalue weighted by Gasteiger charge is -2.14. The number of nitrogens with one attached hydrogen (secondary N) is 1. The molecule has 1 fully saturated rings. The molecule has 0 spiro atoms. The molecule has 0 radical (unpaired) electrons. The van der Waals surface area contributed by atoms with E-state index in [-0.39, 0.29) is 6.04 Å². The molecule has 0 amide bonds. The van der Waals surface area contributed by atoms with Gasteiger partial charge in [-0.15, -0.1) is 0 Å². The third-order valence-electron chi connectivity index (χ3n) is 3.69. The summed E-state index contributed by atoms with van der Waals surface area (Å²) in [4.78, 5) is 4.52. The van der Waals surface area contributed by atoms with Crippen molar-refractivity contribution in [2.45, 2.75) is 38.6 Å². The van der Waals surface area contributed by atoms with Crippen LogP contribution < -0.4 is 15.2 Å². The summed E-state index contributed by atoms with van der Waals surface area (Å²) in [6.45, 7) is 5.06. The number of hydrogen-bond acceptors (Lipinski definition) is 5. The molecule has 1 unspecified atom stereocenters. The minimum Gasteiger partial charge on any atom is -0.490 e. The van der Waals surface area contributed by atoms with Crippen molar-refractivity contribution in [3.8, 4) is 11.5 Å². The highest BCUT2D eigenvalue weighted by Gasteiger charge is 2.28. The topological polar surface area (TPSA) is 86.0 Å². The monoisotopic (exact) mass is 302 g/mol. The van der Waals surface area contributed by atoms with Crippen LogP contribution >= 0.6 is 0 Å². The second-order valence-corrected chi connectivity index (χ2v) is 5.40. The zero-order valence-corrected chi connectivity index (χ0v) is 13.0. The molecule has 3 N–H and O–H groups in total. The van der Waals surface area contributed by atoms with Gasteiger partial charge in [-0.3, -0.25) is 5.10 Å². The molecule has 6 heteroatoms. The van der Waals surface area contributed by atoms with E-state index in [2.05, 4.69) is 15.2 Å². The van der Waals surface area contributed by atoms with E-state index in [0.29, 0.717) is 30.7 Å². The summed E-state index contributed by atoms with van der Waals surface area (Å²) in [5.74, 6) is 3.53. The molecule has 0 aliphatic heterocycles. The van der Waals surface area contributed by atoms with Gasteiger partial charge in [-0.05, 0) is 44.4 Å². The maximum absolute atomic E-state index is 6.30. The van der Waals surface area contributed by atoms with Gasteiger partial charge in [0.05, 0.1) is 19.3 Å². The summed E-state index contributed by atoms with van der Waals surface area (Å²) < 4.78 is 11.2. The highest BCUT2D eigenvalue weighted by Crippen LogP contribution is 2.38. The van der Waals surface area contributed by atoms with Crippen LogP contribution in [-0.2, 0) is 0 Å². The highest BCUT2D eigenvalue weighted by atomic mass is 16.5. The van der Waals surface area contributed by atoms with Crippen LogP contribution in [0.25, 0.3) is 0 Å². The van der Waals surface area contributed by atoms with Crippen LogP contribution in [0.1, 0.15) is 55.9 Å². The van der Waals surface area contributed by atoms with E-state index >= 15 is 0 Å². The van der Waals surface area contributed by atoms with Gasteiger partial charge in [0.1, 0.15) is 5.82 Å². The van der Waals surface area contributed by atoms with Gasteiger partial charge in [0.15, 0.2) is 17.3 Å². The largest absolute Gasteiger partial charge is 0.490 e. The molecular weight excluding hydrogens is 280 g/mol. The van der Waals surface area contributed by atoms with Crippen LogP contribution in [0.15, 0.2) is 18.2 Å². The van der Waals surface area contributed by atoms with Crippen molar-refractivity contribution >= 4 is 0 Å². The molecule has 1 aliphatic rings. The van der Waals surface area contributed by atoms with Gasteiger partial charge >= 0.3 is 0 Å². The van der Waals surface area contributed by atoms with E-state index in [0.717, 1.165) is 17.1 Å². The first-order chi connectivity index (χ1) is 10.7. The Kier molecular flexibility index (Phi) is 4.29. The van der Waals surface area contributed by atoms with Gasteiger partial charge in [-0.1, -0.05) is 6.07 Å². The second-order valence-electron chi connectivity index (χ2n) is 5.40. The third kappa shape index (κ3) is 3.06. The maximum Gasteiger partial charge on any atom is 0.171 e. The van der Waals surface area contributed by atoms with Crippen molar-refractivity contribution in [2.75, 3.05) is 13.2 Å². The Labute approximate surface area is 130 Å². The summed E-state index contributed by atoms with van der Waals surface area (Å²) >= 11 is 0. The molecule has 1 heterocycles. The van der Waals surface area contributed by atoms with Gasteiger partial charge in [-0.25, -0.2) is 4.98 Å². The van der Waals surface area contributed by atoms with Crippen molar-refractivity contribution in [3.63, 3.8) is 0 Å². The second kappa shape index (κ2) is 6.36. The van der Waals surface area contributed by atoms with Crippen molar-refractivity contribution in [2.24, 2.45) is 5.73 Å². The molecule has 0 bridgehead atoms. The zero-order valence-electron chi connectivity index (χ0n) is 13.0. The molecule has 118 valence electrons. The molecule has 1 saturated carbocycles. The number of H-pyrrole nitrogens is 1. The third-order valence-corrected chi connectivity index (χ3v) is 3.69. The lowest BCUT2D eigenvalue weighted by Crippen LogP contribution is -2.14. The number of aromatic nitrogens is 3. The Morgan fingerprint density at radius 3 is 2.64 bits per heavy atom. The van der Waals surface area contributed by atoms with Crippen molar-refractivity contribution in [1.82, 2.24) is 15.2 Å². The molecule has 1 aromatic heterocycles. The average Bonchev–Trinajstić information content (AvgIpc) is 3.26. The van der Waals surface area contributed by atoms with Crippen LogP contribution in [0.5, 0.6) is 11.5 Å². The maximum atomic E-state index is 6.30. The molecule has 0 saturated heterocycles. The van der Waals surface area contributed by atoms with Gasteiger partial charge in [-0.2, -0.15) is 5.10 Å². The molecule has 1 aliphatic carbocycles. The lowest BCUT2D eigenvalue weighted by atomic mass is 10.1. The van der Waals surface area contributed by atoms with E-state index in [9.17, 15) is 0 Å². The SMILES string of the molecule is CCOc1ccc(C(N)c2n[nH]c(C3CC3)n2)cc1OCC. The fourth-order valence-electron chi connectivity index (χ4n) is 2.38. The average molecular weight is 302 g/mol. The van der Waals surface area contributed by atoms with Gasteiger partial charge in [0, 0.05) is 5.92 Å². The van der Waals surface area contributed by atoms with Crippen LogP contribution in [-0.4, -0.2) is 28.4 Å². The first-order valence-electron chi connectivity index (χ1n) is 7.80. The summed E-state index contributed by atoms with van der Waals surface area (Å²) in [5.41, 5.74) is 7.21. The lowest BCUT2D eigenvalue weighted by molar-refractivity contribution is 0.287. The first-order valence-corrected chi connectivity index (χ1v) is 7.80. The number of benzene rings is 1. The first kappa shape index (κ1) is 14.8. The van der Waals surface area contributed by atoms with Crippen LogP contribution in [0.4, 0.5) is 0 Å². The Morgan fingerprint density at radius 1 is 1.23 bits per heavy atom. The molecule has 3 rings (SSSR count). The van der Waals surface area contributed by atoms with Gasteiger partial charge in [0.25, 0.3) is 0 Å². The molecule has 2 aromatic rings. The van der Waals surface area contributed by atoms with Crippen molar-refractivity contribution in [1.29, 1.82) is 0 Å².